The molecule has 0 radical (unpaired) electrons. The van der Waals surface area contributed by atoms with Crippen LogP contribution < -0.4 is 0 Å². The number of hydrogen-bond donors (Lipinski definition) is 2. The number of H-pyrrole nitrogens is 2. The number of nitrogens with one attached hydrogen (secondary N) is 2. The predicted octanol–water partition coefficient (Wildman–Crippen LogP) is 4.56. The maximum Gasteiger partial charge on any atom is 0.211 e. The number of aromatic nitrogens is 4. The zero-order valence-corrected chi connectivity index (χ0v) is 24.3. The minimum absolute atomic E-state index is 0.0704. The zero-order valence-electron chi connectivity index (χ0n) is 23.4. The van der Waals surface area contributed by atoms with E-state index < -0.39 is 10.0 Å². The fourth-order valence-electron chi connectivity index (χ4n) is 4.73. The van der Waals surface area contributed by atoms with Crippen LogP contribution in [0.1, 0.15) is 75.3 Å². The molecule has 38 heavy (non-hydrogen) atoms. The molecule has 3 rings (SSSR count). The average Bonchev–Trinajstić information content (AvgIpc) is 3.60. The molecule has 0 amide bonds. The highest BCUT2D eigenvalue weighted by Gasteiger charge is 2.20. The van der Waals surface area contributed by atoms with Gasteiger partial charge in [-0.2, -0.15) is 4.31 Å². The van der Waals surface area contributed by atoms with Crippen LogP contribution in [0.15, 0.2) is 49.1 Å². The van der Waals surface area contributed by atoms with Crippen molar-refractivity contribution in [3.63, 3.8) is 0 Å². The van der Waals surface area contributed by atoms with Crippen molar-refractivity contribution in [2.75, 3.05) is 32.4 Å². The number of unbranched alkanes of at least 4 members (excludes halogenated alkanes) is 1. The first-order valence-electron chi connectivity index (χ1n) is 13.8. The van der Waals surface area contributed by atoms with E-state index in [-0.39, 0.29) is 6.04 Å². The van der Waals surface area contributed by atoms with Crippen molar-refractivity contribution in [1.82, 2.24) is 34.0 Å². The maximum absolute atomic E-state index is 12.5. The van der Waals surface area contributed by atoms with Crippen molar-refractivity contribution in [2.24, 2.45) is 0 Å². The van der Waals surface area contributed by atoms with Crippen molar-refractivity contribution >= 4 is 10.0 Å². The SMILES string of the molecule is CCCN(CCC)CCCCN(Cc1ccc(CN(Cc2ncc[nH]2)C(C)c2ncc[nH]2)cc1)S(C)(=O)=O. The van der Waals surface area contributed by atoms with Gasteiger partial charge in [0.05, 0.1) is 18.8 Å². The molecular weight excluding hydrogens is 498 g/mol. The molecule has 2 N–H and O–H groups in total. The summed E-state index contributed by atoms with van der Waals surface area (Å²) in [6.07, 6.45) is 12.7. The molecule has 0 aliphatic heterocycles. The third kappa shape index (κ3) is 9.65. The van der Waals surface area contributed by atoms with Crippen LogP contribution in [-0.4, -0.2) is 74.9 Å². The fourth-order valence-corrected chi connectivity index (χ4v) is 5.57. The third-order valence-electron chi connectivity index (χ3n) is 6.82. The smallest absolute Gasteiger partial charge is 0.211 e. The Morgan fingerprint density at radius 2 is 1.42 bits per heavy atom. The second-order valence-corrected chi connectivity index (χ2v) is 12.0. The summed E-state index contributed by atoms with van der Waals surface area (Å²) in [6.45, 7) is 12.1. The summed E-state index contributed by atoms with van der Waals surface area (Å²) in [4.78, 5) is 20.0. The molecule has 10 heteroatoms. The van der Waals surface area contributed by atoms with Gasteiger partial charge in [0.1, 0.15) is 11.6 Å². The molecule has 0 saturated carbocycles. The van der Waals surface area contributed by atoms with Gasteiger partial charge in [-0.3, -0.25) is 4.90 Å². The quantitative estimate of drug-likeness (QED) is 0.228. The van der Waals surface area contributed by atoms with Crippen molar-refractivity contribution in [1.29, 1.82) is 0 Å². The van der Waals surface area contributed by atoms with E-state index in [9.17, 15) is 8.42 Å². The largest absolute Gasteiger partial charge is 0.348 e. The van der Waals surface area contributed by atoms with Gasteiger partial charge in [0.2, 0.25) is 10.0 Å². The number of aromatic amines is 2. The summed E-state index contributed by atoms with van der Waals surface area (Å²) in [5, 5.41) is 0. The Bertz CT molecular complexity index is 1130. The molecule has 1 aromatic carbocycles. The summed E-state index contributed by atoms with van der Waals surface area (Å²) in [5.74, 6) is 1.81. The summed E-state index contributed by atoms with van der Waals surface area (Å²) >= 11 is 0. The number of rotatable bonds is 18. The third-order valence-corrected chi connectivity index (χ3v) is 8.07. The molecule has 2 aromatic heterocycles. The Labute approximate surface area is 228 Å². The van der Waals surface area contributed by atoms with Crippen LogP contribution in [-0.2, 0) is 29.7 Å². The highest BCUT2D eigenvalue weighted by Crippen LogP contribution is 2.22. The Morgan fingerprint density at radius 3 is 1.97 bits per heavy atom. The minimum atomic E-state index is -3.29. The van der Waals surface area contributed by atoms with Gasteiger partial charge < -0.3 is 14.9 Å². The van der Waals surface area contributed by atoms with E-state index in [1.807, 2.05) is 24.5 Å². The van der Waals surface area contributed by atoms with Gasteiger partial charge in [-0.25, -0.2) is 18.4 Å². The monoisotopic (exact) mass is 543 g/mol. The lowest BCUT2D eigenvalue weighted by atomic mass is 10.1. The Hall–Kier alpha value is -2.53. The highest BCUT2D eigenvalue weighted by atomic mass is 32.2. The van der Waals surface area contributed by atoms with Gasteiger partial charge >= 0.3 is 0 Å². The number of benzene rings is 1. The lowest BCUT2D eigenvalue weighted by Gasteiger charge is -2.27. The molecule has 0 aliphatic carbocycles. The first-order chi connectivity index (χ1) is 18.3. The van der Waals surface area contributed by atoms with Crippen LogP contribution in [0, 0.1) is 0 Å². The summed E-state index contributed by atoms with van der Waals surface area (Å²) in [7, 11) is -3.29. The van der Waals surface area contributed by atoms with E-state index in [1.54, 1.807) is 16.7 Å². The maximum atomic E-state index is 12.5. The molecule has 0 fully saturated rings. The van der Waals surface area contributed by atoms with Gasteiger partial charge in [0.25, 0.3) is 0 Å². The van der Waals surface area contributed by atoms with Crippen LogP contribution in [0.2, 0.25) is 0 Å². The first-order valence-corrected chi connectivity index (χ1v) is 15.6. The molecule has 1 unspecified atom stereocenters. The lowest BCUT2D eigenvalue weighted by molar-refractivity contribution is 0.181. The Balaban J connectivity index is 1.60. The molecule has 2 heterocycles. The van der Waals surface area contributed by atoms with Crippen LogP contribution in [0.3, 0.4) is 0 Å². The van der Waals surface area contributed by atoms with Crippen LogP contribution in [0.5, 0.6) is 0 Å². The van der Waals surface area contributed by atoms with Crippen LogP contribution in [0.4, 0.5) is 0 Å². The summed E-state index contributed by atoms with van der Waals surface area (Å²) in [6, 6.07) is 8.34. The number of sulfonamides is 1. The molecule has 3 aromatic rings. The number of imidazole rings is 2. The van der Waals surface area contributed by atoms with E-state index in [1.165, 1.54) is 6.26 Å². The molecule has 0 bridgehead atoms. The minimum Gasteiger partial charge on any atom is -0.348 e. The van der Waals surface area contributed by atoms with E-state index in [0.717, 1.165) is 68.1 Å². The van der Waals surface area contributed by atoms with Crippen molar-refractivity contribution < 1.29 is 8.42 Å². The van der Waals surface area contributed by atoms with E-state index >= 15 is 0 Å². The van der Waals surface area contributed by atoms with E-state index in [0.29, 0.717) is 26.2 Å². The molecule has 1 atom stereocenters. The Morgan fingerprint density at radius 1 is 0.816 bits per heavy atom. The van der Waals surface area contributed by atoms with Gasteiger partial charge in [0, 0.05) is 44.4 Å². The van der Waals surface area contributed by atoms with Crippen molar-refractivity contribution in [3.8, 4) is 0 Å². The van der Waals surface area contributed by atoms with E-state index in [4.69, 9.17) is 0 Å². The molecule has 210 valence electrons. The second kappa shape index (κ2) is 15.2. The predicted molar refractivity (Wildman–Crippen MR) is 153 cm³/mol. The highest BCUT2D eigenvalue weighted by molar-refractivity contribution is 7.88. The number of nitrogens with zero attached hydrogens (tertiary/aromatic N) is 5. The van der Waals surface area contributed by atoms with Crippen molar-refractivity contribution in [3.05, 3.63) is 71.8 Å². The van der Waals surface area contributed by atoms with Crippen LogP contribution >= 0.6 is 0 Å². The topological polar surface area (TPSA) is 101 Å². The second-order valence-electron chi connectivity index (χ2n) is 10.1. The lowest BCUT2D eigenvalue weighted by Crippen LogP contribution is -2.32. The Kier molecular flexibility index (Phi) is 12.0. The van der Waals surface area contributed by atoms with E-state index in [2.05, 4.69) is 62.6 Å². The molecule has 0 saturated heterocycles. The molecule has 0 aliphatic rings. The van der Waals surface area contributed by atoms with Gasteiger partial charge in [-0.15, -0.1) is 0 Å². The first kappa shape index (κ1) is 30.0. The zero-order chi connectivity index (χ0) is 27.4. The molecular formula is C28H45N7O2S. The molecule has 0 spiro atoms. The van der Waals surface area contributed by atoms with Gasteiger partial charge in [0.15, 0.2) is 0 Å². The standard InChI is InChI=1S/C28H45N7O2S/c1-5-17-33(18-6-2)19-7-8-20-35(38(4,36)37)22-26-11-9-25(10-12-26)21-34(23-27-29-13-14-30-27)24(3)28-31-15-16-32-28/h9-16,24H,5-8,17-23H2,1-4H3,(H,29,30)(H,31,32). The normalized spacial score (nSPS) is 13.1. The fraction of sp³-hybridized carbons (Fsp3) is 0.571. The van der Waals surface area contributed by atoms with Crippen LogP contribution in [0.25, 0.3) is 0 Å². The number of hydrogen-bond acceptors (Lipinski definition) is 6. The molecule has 9 nitrogen and oxygen atoms in total. The summed E-state index contributed by atoms with van der Waals surface area (Å²) < 4.78 is 26.6. The van der Waals surface area contributed by atoms with Gasteiger partial charge in [-0.05, 0) is 63.4 Å². The van der Waals surface area contributed by atoms with Gasteiger partial charge in [-0.1, -0.05) is 38.1 Å². The summed E-state index contributed by atoms with van der Waals surface area (Å²) in [5.41, 5.74) is 2.14. The average molecular weight is 544 g/mol. The van der Waals surface area contributed by atoms with Crippen molar-refractivity contribution in [2.45, 2.75) is 72.1 Å².